The minimum absolute atomic E-state index is 0.0373. The number of rotatable bonds is 5. The highest BCUT2D eigenvalue weighted by Crippen LogP contribution is 2.39. The van der Waals surface area contributed by atoms with Crippen molar-refractivity contribution in [2.45, 2.75) is 13.0 Å². The SMILES string of the molecule is CC(NC(=O)COC(=O)c1cc(Cl)c2c(c1)OCO2)c1cc2ccccc2o1. The van der Waals surface area contributed by atoms with E-state index in [2.05, 4.69) is 5.32 Å². The Kier molecular flexibility index (Phi) is 4.83. The first-order valence-electron chi connectivity index (χ1n) is 8.55. The molecule has 2 aromatic carbocycles. The molecule has 4 rings (SSSR count). The number of esters is 1. The largest absolute Gasteiger partial charge is 0.459 e. The third-order valence-electron chi connectivity index (χ3n) is 4.25. The van der Waals surface area contributed by atoms with Gasteiger partial charge in [0.25, 0.3) is 5.91 Å². The molecule has 1 atom stereocenters. The smallest absolute Gasteiger partial charge is 0.338 e. The predicted molar refractivity (Wildman–Crippen MR) is 101 cm³/mol. The van der Waals surface area contributed by atoms with E-state index in [1.165, 1.54) is 12.1 Å². The van der Waals surface area contributed by atoms with Crippen LogP contribution in [-0.4, -0.2) is 25.3 Å². The van der Waals surface area contributed by atoms with Gasteiger partial charge in [-0.15, -0.1) is 0 Å². The maximum absolute atomic E-state index is 12.2. The summed E-state index contributed by atoms with van der Waals surface area (Å²) in [7, 11) is 0. The van der Waals surface area contributed by atoms with Crippen LogP contribution in [0.2, 0.25) is 5.02 Å². The van der Waals surface area contributed by atoms with E-state index >= 15 is 0 Å². The van der Waals surface area contributed by atoms with Crippen molar-refractivity contribution in [3.63, 3.8) is 0 Å². The molecule has 1 amide bonds. The van der Waals surface area contributed by atoms with Crippen molar-refractivity contribution in [1.29, 1.82) is 0 Å². The summed E-state index contributed by atoms with van der Waals surface area (Å²) in [5.41, 5.74) is 0.914. The van der Waals surface area contributed by atoms with E-state index in [1.807, 2.05) is 30.3 Å². The molecule has 3 aromatic rings. The predicted octanol–water partition coefficient (Wildman–Crippen LogP) is 3.85. The van der Waals surface area contributed by atoms with Gasteiger partial charge in [-0.1, -0.05) is 29.8 Å². The number of ether oxygens (including phenoxy) is 3. The van der Waals surface area contributed by atoms with E-state index in [4.69, 9.17) is 30.2 Å². The zero-order valence-electron chi connectivity index (χ0n) is 14.9. The van der Waals surface area contributed by atoms with Crippen LogP contribution in [-0.2, 0) is 9.53 Å². The van der Waals surface area contributed by atoms with Gasteiger partial charge in [0.1, 0.15) is 11.3 Å². The molecule has 0 saturated carbocycles. The van der Waals surface area contributed by atoms with Gasteiger partial charge in [0.05, 0.1) is 16.6 Å². The number of furan rings is 1. The molecule has 7 nitrogen and oxygen atoms in total. The fraction of sp³-hybridized carbons (Fsp3) is 0.200. The van der Waals surface area contributed by atoms with Crippen LogP contribution in [0.15, 0.2) is 46.9 Å². The molecule has 1 aliphatic rings. The molecule has 2 heterocycles. The third kappa shape index (κ3) is 3.61. The van der Waals surface area contributed by atoms with Crippen LogP contribution in [0.1, 0.15) is 29.1 Å². The number of para-hydroxylation sites is 1. The Morgan fingerprint density at radius 3 is 2.86 bits per heavy atom. The van der Waals surface area contributed by atoms with Gasteiger partial charge < -0.3 is 23.9 Å². The third-order valence-corrected chi connectivity index (χ3v) is 4.53. The normalized spacial score (nSPS) is 13.4. The van der Waals surface area contributed by atoms with Crippen molar-refractivity contribution >= 4 is 34.4 Å². The second-order valence-corrected chi connectivity index (χ2v) is 6.65. The van der Waals surface area contributed by atoms with Crippen LogP contribution in [0, 0.1) is 0 Å². The molecule has 0 spiro atoms. The minimum Gasteiger partial charge on any atom is -0.459 e. The molecule has 0 fully saturated rings. The number of fused-ring (bicyclic) bond motifs is 2. The van der Waals surface area contributed by atoms with Gasteiger partial charge in [0, 0.05) is 5.39 Å². The van der Waals surface area contributed by atoms with Gasteiger partial charge in [0.2, 0.25) is 6.79 Å². The molecular formula is C20H16ClNO6. The summed E-state index contributed by atoms with van der Waals surface area (Å²) in [6, 6.07) is 11.9. The lowest BCUT2D eigenvalue weighted by Crippen LogP contribution is -2.31. The maximum Gasteiger partial charge on any atom is 0.338 e. The first-order chi connectivity index (χ1) is 13.5. The zero-order chi connectivity index (χ0) is 19.7. The van der Waals surface area contributed by atoms with E-state index in [0.29, 0.717) is 17.3 Å². The highest BCUT2D eigenvalue weighted by atomic mass is 35.5. The topological polar surface area (TPSA) is 87.0 Å². The quantitative estimate of drug-likeness (QED) is 0.653. The number of halogens is 1. The molecule has 1 aliphatic heterocycles. The number of amides is 1. The second kappa shape index (κ2) is 7.44. The van der Waals surface area contributed by atoms with Gasteiger partial charge in [-0.25, -0.2) is 4.79 Å². The number of benzene rings is 2. The summed E-state index contributed by atoms with van der Waals surface area (Å²) >= 11 is 6.05. The zero-order valence-corrected chi connectivity index (χ0v) is 15.6. The molecule has 0 saturated heterocycles. The first kappa shape index (κ1) is 18.2. The molecule has 0 bridgehead atoms. The van der Waals surface area contributed by atoms with Crippen LogP contribution in [0.4, 0.5) is 0 Å². The fourth-order valence-corrected chi connectivity index (χ4v) is 3.13. The number of carbonyl (C=O) groups excluding carboxylic acids is 2. The molecule has 1 N–H and O–H groups in total. The Morgan fingerprint density at radius 1 is 1.21 bits per heavy atom. The van der Waals surface area contributed by atoms with E-state index in [-0.39, 0.29) is 23.4 Å². The molecule has 1 unspecified atom stereocenters. The minimum atomic E-state index is -0.688. The van der Waals surface area contributed by atoms with E-state index < -0.39 is 18.5 Å². The summed E-state index contributed by atoms with van der Waals surface area (Å²) in [6.45, 7) is 1.39. The molecule has 1 aromatic heterocycles. The average molecular weight is 402 g/mol. The van der Waals surface area contributed by atoms with Gasteiger partial charge >= 0.3 is 5.97 Å². The highest BCUT2D eigenvalue weighted by Gasteiger charge is 2.22. The van der Waals surface area contributed by atoms with Crippen molar-refractivity contribution in [1.82, 2.24) is 5.32 Å². The highest BCUT2D eigenvalue weighted by molar-refractivity contribution is 6.32. The van der Waals surface area contributed by atoms with Crippen molar-refractivity contribution in [3.8, 4) is 11.5 Å². The monoisotopic (exact) mass is 401 g/mol. The number of hydrogen-bond acceptors (Lipinski definition) is 6. The van der Waals surface area contributed by atoms with Crippen LogP contribution in [0.25, 0.3) is 11.0 Å². The van der Waals surface area contributed by atoms with Crippen molar-refractivity contribution < 1.29 is 28.2 Å². The van der Waals surface area contributed by atoms with Crippen molar-refractivity contribution in [2.75, 3.05) is 13.4 Å². The standard InChI is InChI=1S/C20H16ClNO6/c1-11(16-7-12-4-2-3-5-15(12)28-16)22-18(23)9-25-20(24)13-6-14(21)19-17(8-13)26-10-27-19/h2-8,11H,9-10H2,1H3,(H,22,23). The van der Waals surface area contributed by atoms with Gasteiger partial charge in [0.15, 0.2) is 18.1 Å². The summed E-state index contributed by atoms with van der Waals surface area (Å²) in [4.78, 5) is 24.3. The molecule has 28 heavy (non-hydrogen) atoms. The number of nitrogens with one attached hydrogen (secondary N) is 1. The van der Waals surface area contributed by atoms with Gasteiger partial charge in [-0.2, -0.15) is 0 Å². The summed E-state index contributed by atoms with van der Waals surface area (Å²) in [5.74, 6) is 0.223. The van der Waals surface area contributed by atoms with E-state index in [9.17, 15) is 9.59 Å². The van der Waals surface area contributed by atoms with E-state index in [0.717, 1.165) is 11.0 Å². The Labute approximate surface area is 165 Å². The Morgan fingerprint density at radius 2 is 2.04 bits per heavy atom. The van der Waals surface area contributed by atoms with E-state index in [1.54, 1.807) is 6.92 Å². The van der Waals surface area contributed by atoms with Gasteiger partial charge in [-0.05, 0) is 31.2 Å². The van der Waals surface area contributed by atoms with Crippen LogP contribution in [0.5, 0.6) is 11.5 Å². The lowest BCUT2D eigenvalue weighted by Gasteiger charge is -2.12. The van der Waals surface area contributed by atoms with Crippen LogP contribution >= 0.6 is 11.6 Å². The maximum atomic E-state index is 12.2. The molecule has 8 heteroatoms. The number of carbonyl (C=O) groups is 2. The molecular weight excluding hydrogens is 386 g/mol. The first-order valence-corrected chi connectivity index (χ1v) is 8.93. The molecule has 0 radical (unpaired) electrons. The van der Waals surface area contributed by atoms with Gasteiger partial charge in [-0.3, -0.25) is 4.79 Å². The second-order valence-electron chi connectivity index (χ2n) is 6.24. The van der Waals surface area contributed by atoms with Crippen molar-refractivity contribution in [2.24, 2.45) is 0 Å². The Hall–Kier alpha value is -3.19. The molecule has 0 aliphatic carbocycles. The Bertz CT molecular complexity index is 1030. The summed E-state index contributed by atoms with van der Waals surface area (Å²) in [5, 5.41) is 3.93. The summed E-state index contributed by atoms with van der Waals surface area (Å²) in [6.07, 6.45) is 0. The van der Waals surface area contributed by atoms with Crippen LogP contribution in [0.3, 0.4) is 0 Å². The lowest BCUT2D eigenvalue weighted by molar-refractivity contribution is -0.125. The van der Waals surface area contributed by atoms with Crippen molar-refractivity contribution in [3.05, 3.63) is 58.8 Å². The molecule has 144 valence electrons. The van der Waals surface area contributed by atoms with Crippen LogP contribution < -0.4 is 14.8 Å². The Balaban J connectivity index is 1.35. The average Bonchev–Trinajstić information content (AvgIpc) is 3.32. The lowest BCUT2D eigenvalue weighted by atomic mass is 10.2. The number of hydrogen-bond donors (Lipinski definition) is 1. The summed E-state index contributed by atoms with van der Waals surface area (Å²) < 4.78 is 21.2. The fourth-order valence-electron chi connectivity index (χ4n) is 2.87.